The van der Waals surface area contributed by atoms with Crippen molar-refractivity contribution in [1.29, 1.82) is 0 Å². The van der Waals surface area contributed by atoms with E-state index < -0.39 is 0 Å². The van der Waals surface area contributed by atoms with Gasteiger partial charge in [-0.3, -0.25) is 4.79 Å². The molecule has 2 heterocycles. The van der Waals surface area contributed by atoms with Crippen molar-refractivity contribution in [2.75, 3.05) is 20.1 Å². The van der Waals surface area contributed by atoms with Crippen molar-refractivity contribution in [2.45, 2.75) is 25.8 Å². The molecule has 1 N–H and O–H groups in total. The van der Waals surface area contributed by atoms with Gasteiger partial charge in [-0.2, -0.15) is 0 Å². The van der Waals surface area contributed by atoms with Crippen LogP contribution < -0.4 is 5.32 Å². The van der Waals surface area contributed by atoms with Gasteiger partial charge in [0, 0.05) is 24.5 Å². The van der Waals surface area contributed by atoms with E-state index in [1.54, 1.807) is 0 Å². The Morgan fingerprint density at radius 1 is 1.45 bits per heavy atom. The zero-order valence-electron chi connectivity index (χ0n) is 12.0. The van der Waals surface area contributed by atoms with Gasteiger partial charge in [0.15, 0.2) is 5.76 Å². The number of nitrogens with zero attached hydrogens (tertiary/aromatic N) is 1. The SMILES string of the molecule is CNCC1CCCN1C(=O)c1cc2cc(C)ccc2o1. The van der Waals surface area contributed by atoms with Crippen LogP contribution in [0.25, 0.3) is 11.0 Å². The number of carbonyl (C=O) groups excluding carboxylic acids is 1. The highest BCUT2D eigenvalue weighted by atomic mass is 16.3. The summed E-state index contributed by atoms with van der Waals surface area (Å²) in [5.74, 6) is 0.463. The minimum absolute atomic E-state index is 0.0107. The van der Waals surface area contributed by atoms with Crippen LogP contribution in [0.4, 0.5) is 0 Å². The van der Waals surface area contributed by atoms with Crippen molar-refractivity contribution in [1.82, 2.24) is 10.2 Å². The Labute approximate surface area is 118 Å². The highest BCUT2D eigenvalue weighted by Crippen LogP contribution is 2.25. The van der Waals surface area contributed by atoms with Gasteiger partial charge in [-0.1, -0.05) is 11.6 Å². The van der Waals surface area contributed by atoms with Gasteiger partial charge in [0.05, 0.1) is 0 Å². The number of hydrogen-bond donors (Lipinski definition) is 1. The van der Waals surface area contributed by atoms with E-state index in [1.165, 1.54) is 5.56 Å². The first-order chi connectivity index (χ1) is 9.69. The molecule has 1 atom stereocenters. The van der Waals surface area contributed by atoms with Crippen LogP contribution in [-0.2, 0) is 0 Å². The average Bonchev–Trinajstić information content (AvgIpc) is 3.04. The zero-order chi connectivity index (χ0) is 14.1. The van der Waals surface area contributed by atoms with Crippen LogP contribution in [0.1, 0.15) is 29.0 Å². The number of fused-ring (bicyclic) bond motifs is 1. The van der Waals surface area contributed by atoms with E-state index in [9.17, 15) is 4.79 Å². The first kappa shape index (κ1) is 13.2. The van der Waals surface area contributed by atoms with E-state index in [4.69, 9.17) is 4.42 Å². The molecule has 1 aromatic heterocycles. The van der Waals surface area contributed by atoms with Crippen LogP contribution in [0.2, 0.25) is 0 Å². The van der Waals surface area contributed by atoms with Crippen molar-refractivity contribution >= 4 is 16.9 Å². The van der Waals surface area contributed by atoms with Gasteiger partial charge in [-0.05, 0) is 45.0 Å². The lowest BCUT2D eigenvalue weighted by molar-refractivity contribution is 0.0707. The second kappa shape index (κ2) is 5.29. The largest absolute Gasteiger partial charge is 0.451 e. The number of rotatable bonds is 3. The quantitative estimate of drug-likeness (QED) is 0.934. The van der Waals surface area contributed by atoms with E-state index >= 15 is 0 Å². The number of carbonyl (C=O) groups is 1. The molecule has 0 saturated carbocycles. The Bertz CT molecular complexity index is 632. The highest BCUT2D eigenvalue weighted by molar-refractivity contribution is 5.96. The summed E-state index contributed by atoms with van der Waals surface area (Å²) in [5, 5.41) is 4.15. The third-order valence-corrected chi connectivity index (χ3v) is 3.96. The van der Waals surface area contributed by atoms with Crippen LogP contribution in [0.15, 0.2) is 28.7 Å². The summed E-state index contributed by atoms with van der Waals surface area (Å²) in [6.07, 6.45) is 2.13. The molecular formula is C16H20N2O2. The van der Waals surface area contributed by atoms with Crippen LogP contribution >= 0.6 is 0 Å². The van der Waals surface area contributed by atoms with Crippen LogP contribution in [0.3, 0.4) is 0 Å². The second-order valence-electron chi connectivity index (χ2n) is 5.50. The zero-order valence-corrected chi connectivity index (χ0v) is 12.0. The predicted molar refractivity (Wildman–Crippen MR) is 78.9 cm³/mol. The minimum Gasteiger partial charge on any atom is -0.451 e. The predicted octanol–water partition coefficient (Wildman–Crippen LogP) is 2.57. The number of furan rings is 1. The van der Waals surface area contributed by atoms with Gasteiger partial charge >= 0.3 is 0 Å². The molecule has 0 bridgehead atoms. The molecular weight excluding hydrogens is 252 g/mol. The summed E-state index contributed by atoms with van der Waals surface area (Å²) in [6, 6.07) is 8.11. The van der Waals surface area contributed by atoms with Crippen molar-refractivity contribution < 1.29 is 9.21 Å². The Balaban J connectivity index is 1.88. The normalized spacial score (nSPS) is 18.9. The number of likely N-dealkylation sites (N-methyl/N-ethyl adjacent to an activating group) is 1. The van der Waals surface area contributed by atoms with E-state index in [1.807, 2.05) is 43.1 Å². The highest BCUT2D eigenvalue weighted by Gasteiger charge is 2.30. The molecule has 1 saturated heterocycles. The summed E-state index contributed by atoms with van der Waals surface area (Å²) >= 11 is 0. The maximum Gasteiger partial charge on any atom is 0.289 e. The Hall–Kier alpha value is -1.81. The number of benzene rings is 1. The molecule has 2 aromatic rings. The Kier molecular flexibility index (Phi) is 3.49. The fourth-order valence-corrected chi connectivity index (χ4v) is 2.96. The topological polar surface area (TPSA) is 45.5 Å². The van der Waals surface area contributed by atoms with E-state index in [2.05, 4.69) is 5.32 Å². The molecule has 4 nitrogen and oxygen atoms in total. The number of likely N-dealkylation sites (tertiary alicyclic amines) is 1. The fraction of sp³-hybridized carbons (Fsp3) is 0.438. The molecule has 20 heavy (non-hydrogen) atoms. The third-order valence-electron chi connectivity index (χ3n) is 3.96. The van der Waals surface area contributed by atoms with E-state index in [-0.39, 0.29) is 11.9 Å². The maximum absolute atomic E-state index is 12.6. The molecule has 4 heteroatoms. The standard InChI is InChI=1S/C16H20N2O2/c1-11-5-6-14-12(8-11)9-15(20-14)16(19)18-7-3-4-13(18)10-17-2/h5-6,8-9,13,17H,3-4,7,10H2,1-2H3. The number of hydrogen-bond acceptors (Lipinski definition) is 3. The molecule has 0 aliphatic carbocycles. The van der Waals surface area contributed by atoms with Crippen molar-refractivity contribution in [3.8, 4) is 0 Å². The molecule has 1 aromatic carbocycles. The van der Waals surface area contributed by atoms with Gasteiger partial charge in [0.1, 0.15) is 5.58 Å². The minimum atomic E-state index is 0.0107. The summed E-state index contributed by atoms with van der Waals surface area (Å²) in [6.45, 7) is 3.70. The van der Waals surface area contributed by atoms with Gasteiger partial charge in [0.25, 0.3) is 5.91 Å². The van der Waals surface area contributed by atoms with Gasteiger partial charge in [-0.25, -0.2) is 0 Å². The lowest BCUT2D eigenvalue weighted by atomic mass is 10.2. The first-order valence-electron chi connectivity index (χ1n) is 7.15. The molecule has 1 unspecified atom stereocenters. The first-order valence-corrected chi connectivity index (χ1v) is 7.15. The smallest absolute Gasteiger partial charge is 0.289 e. The van der Waals surface area contributed by atoms with Gasteiger partial charge < -0.3 is 14.6 Å². The summed E-state index contributed by atoms with van der Waals surface area (Å²) in [7, 11) is 1.92. The lowest BCUT2D eigenvalue weighted by Crippen LogP contribution is -2.40. The average molecular weight is 272 g/mol. The fourth-order valence-electron chi connectivity index (χ4n) is 2.96. The maximum atomic E-state index is 12.6. The lowest BCUT2D eigenvalue weighted by Gasteiger charge is -2.23. The molecule has 3 rings (SSSR count). The van der Waals surface area contributed by atoms with Crippen molar-refractivity contribution in [2.24, 2.45) is 0 Å². The van der Waals surface area contributed by atoms with Gasteiger partial charge in [0.2, 0.25) is 0 Å². The number of aryl methyl sites for hydroxylation is 1. The summed E-state index contributed by atoms with van der Waals surface area (Å²) in [4.78, 5) is 14.5. The van der Waals surface area contributed by atoms with Crippen molar-refractivity contribution in [3.63, 3.8) is 0 Å². The second-order valence-corrected chi connectivity index (χ2v) is 5.50. The van der Waals surface area contributed by atoms with Crippen LogP contribution in [-0.4, -0.2) is 37.0 Å². The molecule has 1 aliphatic rings. The molecule has 0 radical (unpaired) electrons. The molecule has 1 aliphatic heterocycles. The summed E-state index contributed by atoms with van der Waals surface area (Å²) in [5.41, 5.74) is 1.95. The van der Waals surface area contributed by atoms with E-state index in [0.717, 1.165) is 36.9 Å². The molecule has 0 spiro atoms. The molecule has 1 amide bonds. The van der Waals surface area contributed by atoms with E-state index in [0.29, 0.717) is 5.76 Å². The third kappa shape index (κ3) is 2.31. The van der Waals surface area contributed by atoms with Crippen molar-refractivity contribution in [3.05, 3.63) is 35.6 Å². The monoisotopic (exact) mass is 272 g/mol. The number of nitrogens with one attached hydrogen (secondary N) is 1. The Morgan fingerprint density at radius 2 is 2.30 bits per heavy atom. The summed E-state index contributed by atoms with van der Waals surface area (Å²) < 4.78 is 5.71. The number of amides is 1. The van der Waals surface area contributed by atoms with Crippen LogP contribution in [0, 0.1) is 6.92 Å². The van der Waals surface area contributed by atoms with Crippen LogP contribution in [0.5, 0.6) is 0 Å². The van der Waals surface area contributed by atoms with Gasteiger partial charge in [-0.15, -0.1) is 0 Å². The molecule has 1 fully saturated rings. The Morgan fingerprint density at radius 3 is 3.10 bits per heavy atom. The molecule has 106 valence electrons.